The molecule has 2 rings (SSSR count). The van der Waals surface area contributed by atoms with Gasteiger partial charge in [-0.05, 0) is 31.0 Å². The number of hydrogen-bond donors (Lipinski definition) is 1. The first-order chi connectivity index (χ1) is 8.15. The highest BCUT2D eigenvalue weighted by Gasteiger charge is 2.34. The molecule has 1 aliphatic carbocycles. The number of pyridine rings is 1. The molecule has 0 bridgehead atoms. The molecular weight excluding hydrogens is 214 g/mol. The van der Waals surface area contributed by atoms with E-state index in [1.807, 2.05) is 13.8 Å². The first-order valence-electron chi connectivity index (χ1n) is 5.76. The van der Waals surface area contributed by atoms with Crippen LogP contribution < -0.4 is 0 Å². The summed E-state index contributed by atoms with van der Waals surface area (Å²) in [5, 5.41) is 9.88. The van der Waals surface area contributed by atoms with Crippen LogP contribution in [0, 0.1) is 6.92 Å². The van der Waals surface area contributed by atoms with Crippen LogP contribution in [-0.4, -0.2) is 15.9 Å². The number of Topliss-reactive ketones (excluding diaryl/α,β-unsaturated/α-hetero) is 1. The molecule has 0 spiro atoms. The van der Waals surface area contributed by atoms with Crippen LogP contribution in [0.5, 0.6) is 0 Å². The van der Waals surface area contributed by atoms with Gasteiger partial charge >= 0.3 is 0 Å². The van der Waals surface area contributed by atoms with Crippen LogP contribution in [0.1, 0.15) is 31.0 Å². The molecule has 1 N–H and O–H groups in total. The van der Waals surface area contributed by atoms with Crippen LogP contribution in [-0.2, 0) is 4.79 Å². The SMILES string of the molecule is CCC/C=C1/C(=O)C(c2ccnc(C)c2)=C1O. The van der Waals surface area contributed by atoms with Crippen molar-refractivity contribution in [2.45, 2.75) is 26.7 Å². The lowest BCUT2D eigenvalue weighted by atomic mass is 9.83. The van der Waals surface area contributed by atoms with Gasteiger partial charge in [0.2, 0.25) is 5.78 Å². The highest BCUT2D eigenvalue weighted by molar-refractivity contribution is 6.38. The van der Waals surface area contributed by atoms with Crippen molar-refractivity contribution in [3.8, 4) is 0 Å². The first-order valence-corrected chi connectivity index (χ1v) is 5.76. The summed E-state index contributed by atoms with van der Waals surface area (Å²) in [7, 11) is 0. The van der Waals surface area contributed by atoms with E-state index >= 15 is 0 Å². The lowest BCUT2D eigenvalue weighted by molar-refractivity contribution is -0.111. The molecule has 0 atom stereocenters. The van der Waals surface area contributed by atoms with E-state index in [4.69, 9.17) is 0 Å². The second kappa shape index (κ2) is 4.53. The number of rotatable bonds is 3. The van der Waals surface area contributed by atoms with Gasteiger partial charge in [-0.25, -0.2) is 0 Å². The molecule has 0 aliphatic heterocycles. The molecule has 0 unspecified atom stereocenters. The van der Waals surface area contributed by atoms with E-state index in [0.29, 0.717) is 11.1 Å². The lowest BCUT2D eigenvalue weighted by Crippen LogP contribution is -2.21. The van der Waals surface area contributed by atoms with E-state index in [0.717, 1.165) is 24.1 Å². The summed E-state index contributed by atoms with van der Waals surface area (Å²) in [5.41, 5.74) is 2.45. The Bertz CT molecular complexity index is 527. The summed E-state index contributed by atoms with van der Waals surface area (Å²) < 4.78 is 0. The predicted octanol–water partition coefficient (Wildman–Crippen LogP) is 2.97. The maximum absolute atomic E-state index is 11.9. The number of aryl methyl sites for hydroxylation is 1. The van der Waals surface area contributed by atoms with Gasteiger partial charge in [0, 0.05) is 11.9 Å². The second-order valence-electron chi connectivity index (χ2n) is 4.15. The minimum atomic E-state index is -0.0680. The van der Waals surface area contributed by atoms with Crippen molar-refractivity contribution in [1.82, 2.24) is 4.98 Å². The van der Waals surface area contributed by atoms with Gasteiger partial charge in [0.15, 0.2) is 0 Å². The number of aliphatic hydroxyl groups is 1. The van der Waals surface area contributed by atoms with Crippen LogP contribution in [0.3, 0.4) is 0 Å². The number of unbranched alkanes of at least 4 members (excludes halogenated alkanes) is 1. The van der Waals surface area contributed by atoms with E-state index in [-0.39, 0.29) is 11.5 Å². The smallest absolute Gasteiger partial charge is 0.200 e. The number of aliphatic hydroxyl groups excluding tert-OH is 1. The topological polar surface area (TPSA) is 50.2 Å². The Hall–Kier alpha value is -1.90. The highest BCUT2D eigenvalue weighted by Crippen LogP contribution is 2.36. The predicted molar refractivity (Wildman–Crippen MR) is 66.5 cm³/mol. The number of allylic oxidation sites excluding steroid dienone is 3. The van der Waals surface area contributed by atoms with Crippen molar-refractivity contribution >= 4 is 11.4 Å². The largest absolute Gasteiger partial charge is 0.506 e. The van der Waals surface area contributed by atoms with E-state index < -0.39 is 0 Å². The van der Waals surface area contributed by atoms with Crippen LogP contribution in [0.2, 0.25) is 0 Å². The fourth-order valence-corrected chi connectivity index (χ4v) is 1.87. The highest BCUT2D eigenvalue weighted by atomic mass is 16.3. The zero-order chi connectivity index (χ0) is 12.4. The number of carbonyl (C=O) groups excluding carboxylic acids is 1. The average Bonchev–Trinajstić information content (AvgIpc) is 2.30. The molecular formula is C14H15NO2. The zero-order valence-corrected chi connectivity index (χ0v) is 10.0. The van der Waals surface area contributed by atoms with E-state index in [1.54, 1.807) is 24.4 Å². The van der Waals surface area contributed by atoms with Crippen LogP contribution >= 0.6 is 0 Å². The fraction of sp³-hybridized carbons (Fsp3) is 0.286. The van der Waals surface area contributed by atoms with E-state index in [1.165, 1.54) is 0 Å². The Labute approximate surface area is 101 Å². The van der Waals surface area contributed by atoms with Crippen molar-refractivity contribution < 1.29 is 9.90 Å². The Morgan fingerprint density at radius 3 is 2.82 bits per heavy atom. The monoisotopic (exact) mass is 229 g/mol. The standard InChI is InChI=1S/C14H15NO2/c1-3-4-5-11-13(16)12(14(11)17)10-6-7-15-9(2)8-10/h5-8,16H,3-4H2,1-2H3/b11-5+. The maximum atomic E-state index is 11.9. The number of ketones is 1. The summed E-state index contributed by atoms with van der Waals surface area (Å²) in [6.45, 7) is 3.90. The molecule has 3 nitrogen and oxygen atoms in total. The Balaban J connectivity index is 2.36. The minimum absolute atomic E-state index is 0.0680. The maximum Gasteiger partial charge on any atom is 0.200 e. The Kier molecular flexibility index (Phi) is 3.09. The molecule has 1 heterocycles. The third-order valence-corrected chi connectivity index (χ3v) is 2.79. The molecule has 0 saturated heterocycles. The van der Waals surface area contributed by atoms with Gasteiger partial charge in [0.05, 0.1) is 11.1 Å². The van der Waals surface area contributed by atoms with Crippen LogP contribution in [0.4, 0.5) is 0 Å². The Morgan fingerprint density at radius 2 is 2.24 bits per heavy atom. The van der Waals surface area contributed by atoms with E-state index in [2.05, 4.69) is 4.98 Å². The number of carbonyl (C=O) groups is 1. The zero-order valence-electron chi connectivity index (χ0n) is 10.0. The molecule has 0 radical (unpaired) electrons. The summed E-state index contributed by atoms with van der Waals surface area (Å²) >= 11 is 0. The van der Waals surface area contributed by atoms with Gasteiger partial charge in [-0.2, -0.15) is 0 Å². The van der Waals surface area contributed by atoms with Crippen molar-refractivity contribution in [1.29, 1.82) is 0 Å². The lowest BCUT2D eigenvalue weighted by Gasteiger charge is -2.21. The number of hydrogen-bond acceptors (Lipinski definition) is 3. The van der Waals surface area contributed by atoms with Gasteiger partial charge in [0.25, 0.3) is 0 Å². The van der Waals surface area contributed by atoms with Crippen molar-refractivity contribution in [3.05, 3.63) is 47.0 Å². The molecule has 0 fully saturated rings. The Morgan fingerprint density at radius 1 is 1.47 bits per heavy atom. The molecule has 0 aromatic carbocycles. The molecule has 1 aromatic rings. The summed E-state index contributed by atoms with van der Waals surface area (Å²) in [4.78, 5) is 16.0. The van der Waals surface area contributed by atoms with Crippen molar-refractivity contribution in [2.24, 2.45) is 0 Å². The van der Waals surface area contributed by atoms with Gasteiger partial charge in [-0.3, -0.25) is 9.78 Å². The third kappa shape index (κ3) is 2.00. The molecule has 3 heteroatoms. The second-order valence-corrected chi connectivity index (χ2v) is 4.15. The average molecular weight is 229 g/mol. The van der Waals surface area contributed by atoms with Gasteiger partial charge < -0.3 is 5.11 Å². The first kappa shape index (κ1) is 11.6. The van der Waals surface area contributed by atoms with Crippen molar-refractivity contribution in [3.63, 3.8) is 0 Å². The van der Waals surface area contributed by atoms with Gasteiger partial charge in [-0.1, -0.05) is 19.4 Å². The van der Waals surface area contributed by atoms with Crippen LogP contribution in [0.25, 0.3) is 5.57 Å². The van der Waals surface area contributed by atoms with E-state index in [9.17, 15) is 9.90 Å². The molecule has 88 valence electrons. The summed E-state index contributed by atoms with van der Waals surface area (Å²) in [5.74, 6) is 0.0515. The molecule has 0 saturated carbocycles. The number of nitrogens with zero attached hydrogens (tertiary/aromatic N) is 1. The summed E-state index contributed by atoms with van der Waals surface area (Å²) in [6.07, 6.45) is 5.22. The van der Waals surface area contributed by atoms with Gasteiger partial charge in [0.1, 0.15) is 5.76 Å². The van der Waals surface area contributed by atoms with Crippen LogP contribution in [0.15, 0.2) is 35.7 Å². The quantitative estimate of drug-likeness (QED) is 0.811. The minimum Gasteiger partial charge on any atom is -0.506 e. The molecule has 17 heavy (non-hydrogen) atoms. The molecule has 1 aromatic heterocycles. The normalized spacial score (nSPS) is 17.5. The molecule has 0 amide bonds. The number of aromatic nitrogens is 1. The molecule has 1 aliphatic rings. The summed E-state index contributed by atoms with van der Waals surface area (Å²) in [6, 6.07) is 3.55. The fourth-order valence-electron chi connectivity index (χ4n) is 1.87. The van der Waals surface area contributed by atoms with Gasteiger partial charge in [-0.15, -0.1) is 0 Å². The van der Waals surface area contributed by atoms with Crippen molar-refractivity contribution in [2.75, 3.05) is 0 Å². The third-order valence-electron chi connectivity index (χ3n) is 2.79.